The van der Waals surface area contributed by atoms with Crippen LogP contribution in [0.3, 0.4) is 0 Å². The fourth-order valence-corrected chi connectivity index (χ4v) is 7.37. The largest absolute Gasteiger partial charge is 0.294 e. The summed E-state index contributed by atoms with van der Waals surface area (Å²) in [4.78, 5) is 25.8. The number of carbonyl (C=O) groups is 2. The molecule has 4 aromatic carbocycles. The van der Waals surface area contributed by atoms with Crippen LogP contribution < -0.4 is 0 Å². The minimum absolute atomic E-state index is 0. The van der Waals surface area contributed by atoms with Gasteiger partial charge in [0.05, 0.1) is 0 Å². The smallest absolute Gasteiger partial charge is 0.168 e. The molecule has 0 N–H and O–H groups in total. The van der Waals surface area contributed by atoms with E-state index in [4.69, 9.17) is 0 Å². The zero-order valence-corrected chi connectivity index (χ0v) is 43.1. The molecular formula is C52H71I3O2. The number of alkyl halides is 3. The molecule has 57 heavy (non-hydrogen) atoms. The molecule has 3 aliphatic rings. The molecule has 0 spiro atoms. The summed E-state index contributed by atoms with van der Waals surface area (Å²) >= 11 is 6.95. The fraction of sp³-hybridized carbons (Fsp3) is 0.423. The van der Waals surface area contributed by atoms with Crippen LogP contribution in [-0.2, 0) is 28.9 Å². The Balaban J connectivity index is 0.000000856. The molecule has 0 unspecified atom stereocenters. The van der Waals surface area contributed by atoms with Crippen LogP contribution in [0, 0.1) is 17.8 Å². The Kier molecular flexibility index (Phi) is 25.9. The number of rotatable bonds is 1. The van der Waals surface area contributed by atoms with Crippen LogP contribution in [0.15, 0.2) is 97.1 Å². The second-order valence-corrected chi connectivity index (χ2v) is 25.3. The number of ketones is 2. The van der Waals surface area contributed by atoms with Crippen molar-refractivity contribution < 1.29 is 9.59 Å². The first kappa shape index (κ1) is 54.9. The molecule has 7 rings (SSSR count). The van der Waals surface area contributed by atoms with Crippen molar-refractivity contribution in [3.8, 4) is 0 Å². The van der Waals surface area contributed by atoms with Crippen molar-refractivity contribution in [3.05, 3.63) is 142 Å². The van der Waals surface area contributed by atoms with E-state index in [9.17, 15) is 9.59 Å². The molecule has 0 saturated heterocycles. The molecule has 0 amide bonds. The van der Waals surface area contributed by atoms with E-state index in [0.29, 0.717) is 12.8 Å². The molecule has 0 aromatic heterocycles. The highest BCUT2D eigenvalue weighted by Crippen LogP contribution is 2.50. The van der Waals surface area contributed by atoms with Gasteiger partial charge in [0.1, 0.15) is -0.0619 Å². The summed E-state index contributed by atoms with van der Waals surface area (Å²) in [5.41, 5.74) is 13.8. The van der Waals surface area contributed by atoms with E-state index in [-0.39, 0.29) is 29.8 Å². The maximum atomic E-state index is 12.9. The lowest BCUT2D eigenvalue weighted by atomic mass is 9.70. The summed E-state index contributed by atoms with van der Waals surface area (Å²) in [7, 11) is 0. The van der Waals surface area contributed by atoms with E-state index in [1.807, 2.05) is 79.7 Å². The van der Waals surface area contributed by atoms with Crippen LogP contribution in [0.1, 0.15) is 148 Å². The van der Waals surface area contributed by atoms with Crippen molar-refractivity contribution >= 4 is 102 Å². The fourth-order valence-electron chi connectivity index (χ4n) is 7.37. The van der Waals surface area contributed by atoms with E-state index < -0.39 is 0 Å². The summed E-state index contributed by atoms with van der Waals surface area (Å²) in [5.74, 6) is 0.508. The standard InChI is InChI=1S/C21H20O.C21H22O.4C2H6.CHI3.CH4/c1-21(2)12-11-14-7-3-5-9-16(14)19-18(22)13-15-8-4-6-10-17(15)20(19)21;1-14-9-5-7-11-16(14)19-18(22)13-15-10-6-8-12-17(15)20(19)21(2,3)4;4*1-2;2-1(3)4;/h3-10H,11-13H2,1-2H3;5-12H,13H2,1-4H3;4*1-2H3;1H;1H4. The molecule has 3 aliphatic carbocycles. The number of Topliss-reactive ketones (excluding diaryl/α,β-unsaturated/α-hetero) is 2. The average Bonchev–Trinajstić information content (AvgIpc) is 3.31. The Morgan fingerprint density at radius 2 is 0.912 bits per heavy atom. The number of benzene rings is 4. The summed E-state index contributed by atoms with van der Waals surface area (Å²) in [6, 6.07) is 33.4. The zero-order valence-electron chi connectivity index (χ0n) is 36.6. The first-order chi connectivity index (χ1) is 26.7. The maximum Gasteiger partial charge on any atom is 0.168 e. The molecule has 2 nitrogen and oxygen atoms in total. The molecule has 0 fully saturated rings. The van der Waals surface area contributed by atoms with Crippen LogP contribution in [0.4, 0.5) is 0 Å². The SMILES string of the molecule is C.CC.CC.CC.CC.CC1(C)CCc2ccccc2C2=C1c1ccccc1CC2=O.Cc1ccccc1C1=C(C(C)(C)C)c2ccccc2CC1=O.IC(I)I. The molecular weight excluding hydrogens is 1040 g/mol. The summed E-state index contributed by atoms with van der Waals surface area (Å²) in [6.07, 6.45) is 3.13. The van der Waals surface area contributed by atoms with E-state index in [2.05, 4.69) is 182 Å². The Hall–Kier alpha value is -2.11. The van der Waals surface area contributed by atoms with Crippen LogP contribution in [0.2, 0.25) is 0 Å². The van der Waals surface area contributed by atoms with Crippen molar-refractivity contribution in [1.29, 1.82) is 0 Å². The van der Waals surface area contributed by atoms with E-state index in [0.717, 1.165) is 46.2 Å². The van der Waals surface area contributed by atoms with Crippen LogP contribution in [-0.4, -0.2) is 11.5 Å². The van der Waals surface area contributed by atoms with Gasteiger partial charge in [0.25, 0.3) is 0 Å². The predicted octanol–water partition coefficient (Wildman–Crippen LogP) is 17.1. The predicted molar refractivity (Wildman–Crippen MR) is 281 cm³/mol. The number of aryl methyl sites for hydroxylation is 2. The average molecular weight is 1110 g/mol. The second-order valence-electron chi connectivity index (χ2n) is 14.4. The first-order valence-electron chi connectivity index (χ1n) is 20.5. The number of carbonyl (C=O) groups excluding carboxylic acids is 2. The third-order valence-corrected chi connectivity index (χ3v) is 9.48. The van der Waals surface area contributed by atoms with Crippen molar-refractivity contribution in [3.63, 3.8) is 0 Å². The van der Waals surface area contributed by atoms with Gasteiger partial charge >= 0.3 is 0 Å². The summed E-state index contributed by atoms with van der Waals surface area (Å²) < 4.78 is 0.743. The van der Waals surface area contributed by atoms with Gasteiger partial charge in [0.2, 0.25) is 0 Å². The Morgan fingerprint density at radius 1 is 0.544 bits per heavy atom. The molecule has 312 valence electrons. The van der Waals surface area contributed by atoms with Crippen molar-refractivity contribution in [2.24, 2.45) is 10.8 Å². The molecule has 0 saturated carbocycles. The number of fused-ring (bicyclic) bond motifs is 5. The highest BCUT2D eigenvalue weighted by molar-refractivity contribution is 14.3. The van der Waals surface area contributed by atoms with Gasteiger partial charge in [-0.1, -0.05) is 262 Å². The van der Waals surface area contributed by atoms with Gasteiger partial charge in [-0.05, 0) is 86.2 Å². The number of halogens is 3. The van der Waals surface area contributed by atoms with E-state index in [1.54, 1.807) is 0 Å². The lowest BCUT2D eigenvalue weighted by molar-refractivity contribution is -0.114. The van der Waals surface area contributed by atoms with Crippen LogP contribution in [0.25, 0.3) is 22.3 Å². The third kappa shape index (κ3) is 14.5. The zero-order chi connectivity index (χ0) is 42.8. The molecule has 0 atom stereocenters. The van der Waals surface area contributed by atoms with Gasteiger partial charge < -0.3 is 0 Å². The van der Waals surface area contributed by atoms with E-state index >= 15 is 0 Å². The van der Waals surface area contributed by atoms with Crippen molar-refractivity contribution in [1.82, 2.24) is 0 Å². The highest BCUT2D eigenvalue weighted by atomic mass is 127. The van der Waals surface area contributed by atoms with Gasteiger partial charge in [-0.25, -0.2) is 0 Å². The minimum atomic E-state index is -0.0796. The second kappa shape index (κ2) is 26.9. The molecule has 0 bridgehead atoms. The van der Waals surface area contributed by atoms with Gasteiger partial charge in [-0.3, -0.25) is 9.59 Å². The van der Waals surface area contributed by atoms with Crippen molar-refractivity contribution in [2.75, 3.05) is 0 Å². The van der Waals surface area contributed by atoms with Crippen molar-refractivity contribution in [2.45, 2.75) is 130 Å². The molecule has 0 radical (unpaired) electrons. The molecule has 0 heterocycles. The lowest BCUT2D eigenvalue weighted by Crippen LogP contribution is -2.22. The number of hydrogen-bond donors (Lipinski definition) is 0. The minimum Gasteiger partial charge on any atom is -0.294 e. The van der Waals surface area contributed by atoms with Gasteiger partial charge in [0, 0.05) is 24.0 Å². The highest BCUT2D eigenvalue weighted by Gasteiger charge is 2.38. The van der Waals surface area contributed by atoms with E-state index in [1.165, 1.54) is 33.4 Å². The summed E-state index contributed by atoms with van der Waals surface area (Å²) in [5, 5.41) is 0. The molecule has 5 heteroatoms. The van der Waals surface area contributed by atoms with Gasteiger partial charge in [-0.2, -0.15) is 0 Å². The quantitative estimate of drug-likeness (QED) is 0.141. The number of hydrogen-bond acceptors (Lipinski definition) is 2. The monoisotopic (exact) mass is 1110 g/mol. The normalized spacial score (nSPS) is 14.2. The topological polar surface area (TPSA) is 34.1 Å². The lowest BCUT2D eigenvalue weighted by Gasteiger charge is -2.33. The van der Waals surface area contributed by atoms with Gasteiger partial charge in [0.15, 0.2) is 11.6 Å². The Labute approximate surface area is 390 Å². The van der Waals surface area contributed by atoms with Gasteiger partial charge in [-0.15, -0.1) is 0 Å². The Bertz CT molecular complexity index is 1910. The summed E-state index contributed by atoms with van der Waals surface area (Å²) in [6.45, 7) is 29.2. The first-order valence-corrected chi connectivity index (χ1v) is 24.2. The Morgan fingerprint density at radius 3 is 1.39 bits per heavy atom. The van der Waals surface area contributed by atoms with Crippen LogP contribution >= 0.6 is 67.8 Å². The third-order valence-electron chi connectivity index (χ3n) is 9.48. The maximum absolute atomic E-state index is 12.9. The van der Waals surface area contributed by atoms with Crippen LogP contribution in [0.5, 0.6) is 0 Å². The molecule has 0 aliphatic heterocycles. The molecule has 4 aromatic rings. The number of allylic oxidation sites excluding steroid dienone is 4.